The SMILES string of the molecule is CC(C)NC(=O)c1nc(C(=O)Nc2cc(Cl)cc(Cl)c2)n2c1CCCC2. The molecule has 0 atom stereocenters. The Morgan fingerprint density at radius 2 is 1.81 bits per heavy atom. The van der Waals surface area contributed by atoms with E-state index in [0.717, 1.165) is 25.0 Å². The summed E-state index contributed by atoms with van der Waals surface area (Å²) in [4.78, 5) is 29.6. The Labute approximate surface area is 161 Å². The minimum Gasteiger partial charge on any atom is -0.348 e. The average molecular weight is 395 g/mol. The van der Waals surface area contributed by atoms with Gasteiger partial charge in [-0.05, 0) is 51.3 Å². The van der Waals surface area contributed by atoms with Crippen LogP contribution in [0.3, 0.4) is 0 Å². The fourth-order valence-electron chi connectivity index (χ4n) is 3.04. The van der Waals surface area contributed by atoms with Crippen LogP contribution in [0.4, 0.5) is 5.69 Å². The summed E-state index contributed by atoms with van der Waals surface area (Å²) in [7, 11) is 0. The van der Waals surface area contributed by atoms with Gasteiger partial charge in [-0.2, -0.15) is 0 Å². The van der Waals surface area contributed by atoms with E-state index in [0.29, 0.717) is 28.0 Å². The van der Waals surface area contributed by atoms with Crippen LogP contribution in [0.5, 0.6) is 0 Å². The third-order valence-electron chi connectivity index (χ3n) is 4.08. The fraction of sp³-hybridized carbons (Fsp3) is 0.389. The van der Waals surface area contributed by atoms with Crippen molar-refractivity contribution in [2.45, 2.75) is 45.7 Å². The van der Waals surface area contributed by atoms with Crippen LogP contribution in [0.2, 0.25) is 10.0 Å². The number of hydrogen-bond acceptors (Lipinski definition) is 3. The number of carbonyl (C=O) groups excluding carboxylic acids is 2. The molecule has 1 aliphatic heterocycles. The Balaban J connectivity index is 1.92. The lowest BCUT2D eigenvalue weighted by Crippen LogP contribution is -2.31. The van der Waals surface area contributed by atoms with Gasteiger partial charge in [-0.3, -0.25) is 9.59 Å². The van der Waals surface area contributed by atoms with Crippen LogP contribution < -0.4 is 10.6 Å². The maximum Gasteiger partial charge on any atom is 0.291 e. The van der Waals surface area contributed by atoms with Gasteiger partial charge in [0.25, 0.3) is 11.8 Å². The summed E-state index contributed by atoms with van der Waals surface area (Å²) in [6.07, 6.45) is 2.64. The van der Waals surface area contributed by atoms with E-state index in [1.165, 1.54) is 0 Å². The molecular formula is C18H20Cl2N4O2. The molecule has 2 aromatic rings. The van der Waals surface area contributed by atoms with Gasteiger partial charge in [-0.1, -0.05) is 23.2 Å². The highest BCUT2D eigenvalue weighted by molar-refractivity contribution is 6.35. The highest BCUT2D eigenvalue weighted by atomic mass is 35.5. The van der Waals surface area contributed by atoms with E-state index >= 15 is 0 Å². The number of halogens is 2. The number of carbonyl (C=O) groups is 2. The van der Waals surface area contributed by atoms with Crippen molar-refractivity contribution < 1.29 is 9.59 Å². The normalized spacial score (nSPS) is 13.4. The van der Waals surface area contributed by atoms with Crippen LogP contribution in [0.15, 0.2) is 18.2 Å². The molecule has 6 nitrogen and oxygen atoms in total. The minimum absolute atomic E-state index is 0.00526. The van der Waals surface area contributed by atoms with Crippen LogP contribution in [-0.4, -0.2) is 27.4 Å². The molecule has 2 amide bonds. The number of nitrogens with zero attached hydrogens (tertiary/aromatic N) is 2. The first-order valence-electron chi connectivity index (χ1n) is 8.53. The van der Waals surface area contributed by atoms with Crippen molar-refractivity contribution in [2.75, 3.05) is 5.32 Å². The molecule has 0 bridgehead atoms. The molecule has 8 heteroatoms. The van der Waals surface area contributed by atoms with Crippen LogP contribution in [0.1, 0.15) is 53.5 Å². The predicted molar refractivity (Wildman–Crippen MR) is 102 cm³/mol. The van der Waals surface area contributed by atoms with Gasteiger partial charge in [-0.15, -0.1) is 0 Å². The van der Waals surface area contributed by atoms with Crippen molar-refractivity contribution in [3.05, 3.63) is 45.5 Å². The van der Waals surface area contributed by atoms with Crippen molar-refractivity contribution in [3.8, 4) is 0 Å². The smallest absolute Gasteiger partial charge is 0.291 e. The van der Waals surface area contributed by atoms with Crippen LogP contribution in [-0.2, 0) is 13.0 Å². The summed E-state index contributed by atoms with van der Waals surface area (Å²) < 4.78 is 1.83. The van der Waals surface area contributed by atoms with Gasteiger partial charge in [0.15, 0.2) is 5.82 Å². The van der Waals surface area contributed by atoms with E-state index in [2.05, 4.69) is 15.6 Å². The maximum absolute atomic E-state index is 12.8. The molecule has 0 aliphatic carbocycles. The van der Waals surface area contributed by atoms with Crippen molar-refractivity contribution in [1.29, 1.82) is 0 Å². The number of rotatable bonds is 4. The van der Waals surface area contributed by atoms with Crippen molar-refractivity contribution in [3.63, 3.8) is 0 Å². The molecule has 0 radical (unpaired) electrons. The monoisotopic (exact) mass is 394 g/mol. The maximum atomic E-state index is 12.8. The van der Waals surface area contributed by atoms with Gasteiger partial charge in [0, 0.05) is 28.3 Å². The predicted octanol–water partition coefficient (Wildman–Crippen LogP) is 3.92. The molecule has 2 heterocycles. The molecule has 1 aliphatic rings. The number of imidazole rings is 1. The van der Waals surface area contributed by atoms with E-state index in [4.69, 9.17) is 23.2 Å². The van der Waals surface area contributed by atoms with Gasteiger partial charge in [0.1, 0.15) is 5.69 Å². The Bertz CT molecular complexity index is 841. The van der Waals surface area contributed by atoms with Crippen molar-refractivity contribution >= 4 is 40.7 Å². The number of benzene rings is 1. The summed E-state index contributed by atoms with van der Waals surface area (Å²) in [5.41, 5.74) is 1.62. The number of fused-ring (bicyclic) bond motifs is 1. The quantitative estimate of drug-likeness (QED) is 0.824. The molecule has 0 unspecified atom stereocenters. The lowest BCUT2D eigenvalue weighted by Gasteiger charge is -2.17. The molecule has 138 valence electrons. The second-order valence-corrected chi connectivity index (χ2v) is 7.45. The van der Waals surface area contributed by atoms with E-state index in [9.17, 15) is 9.59 Å². The molecule has 2 N–H and O–H groups in total. The van der Waals surface area contributed by atoms with Gasteiger partial charge in [-0.25, -0.2) is 4.98 Å². The molecule has 26 heavy (non-hydrogen) atoms. The number of anilines is 1. The lowest BCUT2D eigenvalue weighted by atomic mass is 10.1. The molecule has 0 saturated carbocycles. The van der Waals surface area contributed by atoms with Gasteiger partial charge >= 0.3 is 0 Å². The summed E-state index contributed by atoms with van der Waals surface area (Å²) in [6.45, 7) is 4.43. The Kier molecular flexibility index (Phi) is 5.53. The third kappa shape index (κ3) is 4.02. The zero-order valence-electron chi connectivity index (χ0n) is 14.6. The molecular weight excluding hydrogens is 375 g/mol. The molecule has 1 aromatic carbocycles. The summed E-state index contributed by atoms with van der Waals surface area (Å²) in [6, 6.07) is 4.80. The Morgan fingerprint density at radius 3 is 2.46 bits per heavy atom. The first-order chi connectivity index (χ1) is 12.3. The van der Waals surface area contributed by atoms with Gasteiger partial charge < -0.3 is 15.2 Å². The topological polar surface area (TPSA) is 76.0 Å². The number of hydrogen-bond donors (Lipinski definition) is 2. The van der Waals surface area contributed by atoms with Crippen molar-refractivity contribution in [2.24, 2.45) is 0 Å². The average Bonchev–Trinajstić information content (AvgIpc) is 2.93. The summed E-state index contributed by atoms with van der Waals surface area (Å²) >= 11 is 12.0. The molecule has 0 spiro atoms. The molecule has 0 saturated heterocycles. The fourth-order valence-corrected chi connectivity index (χ4v) is 3.57. The highest BCUT2D eigenvalue weighted by Crippen LogP contribution is 2.25. The zero-order chi connectivity index (χ0) is 18.8. The van der Waals surface area contributed by atoms with Crippen LogP contribution in [0.25, 0.3) is 0 Å². The van der Waals surface area contributed by atoms with Gasteiger partial charge in [0.05, 0.1) is 5.69 Å². The van der Waals surface area contributed by atoms with Crippen LogP contribution >= 0.6 is 23.2 Å². The van der Waals surface area contributed by atoms with Crippen LogP contribution in [0, 0.1) is 0 Å². The first-order valence-corrected chi connectivity index (χ1v) is 9.28. The highest BCUT2D eigenvalue weighted by Gasteiger charge is 2.27. The molecule has 0 fully saturated rings. The second kappa shape index (κ2) is 7.68. The standard InChI is InChI=1S/C18H20Cl2N4O2/c1-10(2)21-17(25)15-14-5-3-4-6-24(14)16(23-15)18(26)22-13-8-11(19)7-12(20)9-13/h7-10H,3-6H2,1-2H3,(H,21,25)(H,22,26). The number of aromatic nitrogens is 2. The van der Waals surface area contributed by atoms with Gasteiger partial charge in [0.2, 0.25) is 0 Å². The van der Waals surface area contributed by atoms with E-state index < -0.39 is 5.91 Å². The summed E-state index contributed by atoms with van der Waals surface area (Å²) in [5, 5.41) is 6.46. The van der Waals surface area contributed by atoms with E-state index in [1.54, 1.807) is 18.2 Å². The zero-order valence-corrected chi connectivity index (χ0v) is 16.1. The molecule has 3 rings (SSSR count). The second-order valence-electron chi connectivity index (χ2n) is 6.58. The minimum atomic E-state index is -0.393. The van der Waals surface area contributed by atoms with E-state index in [-0.39, 0.29) is 17.8 Å². The molecule has 1 aromatic heterocycles. The Morgan fingerprint density at radius 1 is 1.12 bits per heavy atom. The number of nitrogens with one attached hydrogen (secondary N) is 2. The summed E-state index contributed by atoms with van der Waals surface area (Å²) in [5.74, 6) is -0.421. The third-order valence-corrected chi connectivity index (χ3v) is 4.51. The Hall–Kier alpha value is -2.05. The van der Waals surface area contributed by atoms with Crippen molar-refractivity contribution in [1.82, 2.24) is 14.9 Å². The first kappa shape index (κ1) is 18.7. The lowest BCUT2D eigenvalue weighted by molar-refractivity contribution is 0.0937. The van der Waals surface area contributed by atoms with E-state index in [1.807, 2.05) is 18.4 Å². The number of amides is 2. The largest absolute Gasteiger partial charge is 0.348 e.